The number of hydrogen-bond donors (Lipinski definition) is 2. The Morgan fingerprint density at radius 2 is 1.75 bits per heavy atom. The van der Waals surface area contributed by atoms with Gasteiger partial charge in [0.15, 0.2) is 0 Å². The fraction of sp³-hybridized carbons (Fsp3) is 0.833. The Morgan fingerprint density at radius 1 is 1.25 bits per heavy atom. The minimum Gasteiger partial charge on any atom is -0.481 e. The number of carboxylic acids is 2. The first-order valence-electron chi connectivity index (χ1n) is 5.69. The van der Waals surface area contributed by atoms with Crippen LogP contribution in [0.5, 0.6) is 0 Å². The van der Waals surface area contributed by atoms with E-state index in [0.29, 0.717) is 12.8 Å². The van der Waals surface area contributed by atoms with Crippen molar-refractivity contribution in [2.24, 2.45) is 17.3 Å². The second kappa shape index (κ2) is 5.87. The normalized spacial score (nSPS) is 16.8. The maximum Gasteiger partial charge on any atom is 0.309 e. The van der Waals surface area contributed by atoms with E-state index in [4.69, 9.17) is 10.2 Å². The van der Waals surface area contributed by atoms with Crippen LogP contribution in [-0.2, 0) is 9.59 Å². The Bertz CT molecular complexity index is 260. The van der Waals surface area contributed by atoms with Crippen LogP contribution < -0.4 is 0 Å². The molecule has 0 aromatic carbocycles. The smallest absolute Gasteiger partial charge is 0.309 e. The van der Waals surface area contributed by atoms with Crippen LogP contribution in [0.4, 0.5) is 0 Å². The van der Waals surface area contributed by atoms with Gasteiger partial charge in [-0.1, -0.05) is 20.8 Å². The lowest BCUT2D eigenvalue weighted by Gasteiger charge is -2.27. The molecule has 0 fully saturated rings. The Morgan fingerprint density at radius 3 is 2.00 bits per heavy atom. The molecule has 2 unspecified atom stereocenters. The van der Waals surface area contributed by atoms with Crippen LogP contribution in [0.1, 0.15) is 47.0 Å². The van der Waals surface area contributed by atoms with Gasteiger partial charge in [-0.15, -0.1) is 0 Å². The summed E-state index contributed by atoms with van der Waals surface area (Å²) in [5.74, 6) is -2.11. The van der Waals surface area contributed by atoms with Gasteiger partial charge < -0.3 is 10.2 Å². The van der Waals surface area contributed by atoms with E-state index in [-0.39, 0.29) is 12.3 Å². The van der Waals surface area contributed by atoms with Crippen LogP contribution in [0.15, 0.2) is 0 Å². The second-order valence-corrected chi connectivity index (χ2v) is 5.09. The fourth-order valence-corrected chi connectivity index (χ4v) is 1.77. The van der Waals surface area contributed by atoms with Crippen molar-refractivity contribution in [2.75, 3.05) is 0 Å². The van der Waals surface area contributed by atoms with Gasteiger partial charge in [-0.2, -0.15) is 0 Å². The quantitative estimate of drug-likeness (QED) is 0.705. The summed E-state index contributed by atoms with van der Waals surface area (Å²) in [7, 11) is 0. The summed E-state index contributed by atoms with van der Waals surface area (Å²) in [6.07, 6.45) is 1.18. The van der Waals surface area contributed by atoms with Gasteiger partial charge in [0.25, 0.3) is 0 Å². The van der Waals surface area contributed by atoms with E-state index in [1.54, 1.807) is 13.8 Å². The van der Waals surface area contributed by atoms with Gasteiger partial charge >= 0.3 is 11.9 Å². The average Bonchev–Trinajstić information content (AvgIpc) is 2.15. The van der Waals surface area contributed by atoms with Gasteiger partial charge in [0.2, 0.25) is 0 Å². The second-order valence-electron chi connectivity index (χ2n) is 5.09. The van der Waals surface area contributed by atoms with Crippen LogP contribution in [0.25, 0.3) is 0 Å². The molecule has 0 aliphatic heterocycles. The summed E-state index contributed by atoms with van der Waals surface area (Å²) < 4.78 is 0. The van der Waals surface area contributed by atoms with Crippen molar-refractivity contribution in [1.29, 1.82) is 0 Å². The molecule has 0 saturated heterocycles. The van der Waals surface area contributed by atoms with E-state index in [1.165, 1.54) is 0 Å². The van der Waals surface area contributed by atoms with Crippen molar-refractivity contribution in [1.82, 2.24) is 0 Å². The van der Waals surface area contributed by atoms with Gasteiger partial charge in [0, 0.05) is 0 Å². The van der Waals surface area contributed by atoms with E-state index in [1.807, 2.05) is 13.8 Å². The molecule has 4 nitrogen and oxygen atoms in total. The summed E-state index contributed by atoms with van der Waals surface area (Å²) in [5, 5.41) is 18.2. The molecule has 0 rings (SSSR count). The van der Waals surface area contributed by atoms with Gasteiger partial charge in [-0.05, 0) is 32.1 Å². The molecule has 2 atom stereocenters. The third-order valence-electron chi connectivity index (χ3n) is 3.10. The maximum atomic E-state index is 11.1. The Hall–Kier alpha value is -1.06. The lowest BCUT2D eigenvalue weighted by atomic mass is 9.76. The molecule has 0 aliphatic rings. The molecule has 0 saturated carbocycles. The van der Waals surface area contributed by atoms with E-state index in [9.17, 15) is 9.59 Å². The zero-order chi connectivity index (χ0) is 12.9. The maximum absolute atomic E-state index is 11.1. The van der Waals surface area contributed by atoms with Crippen molar-refractivity contribution in [3.05, 3.63) is 0 Å². The molecular weight excluding hydrogens is 208 g/mol. The van der Waals surface area contributed by atoms with Crippen LogP contribution in [0.2, 0.25) is 0 Å². The molecule has 0 bridgehead atoms. The average molecular weight is 230 g/mol. The molecule has 94 valence electrons. The first kappa shape index (κ1) is 14.9. The van der Waals surface area contributed by atoms with Gasteiger partial charge in [-0.3, -0.25) is 9.59 Å². The monoisotopic (exact) mass is 230 g/mol. The molecule has 0 heterocycles. The largest absolute Gasteiger partial charge is 0.481 e. The van der Waals surface area contributed by atoms with Gasteiger partial charge in [0.1, 0.15) is 0 Å². The predicted octanol–water partition coefficient (Wildman–Crippen LogP) is 2.62. The first-order valence-corrected chi connectivity index (χ1v) is 5.69. The van der Waals surface area contributed by atoms with E-state index in [0.717, 1.165) is 0 Å². The Balaban J connectivity index is 4.72. The molecule has 0 spiro atoms. The van der Waals surface area contributed by atoms with Crippen molar-refractivity contribution in [3.8, 4) is 0 Å². The summed E-state index contributed by atoms with van der Waals surface area (Å²) in [6, 6.07) is 0. The van der Waals surface area contributed by atoms with Crippen LogP contribution in [-0.4, -0.2) is 22.2 Å². The minimum absolute atomic E-state index is 0.201. The van der Waals surface area contributed by atoms with Gasteiger partial charge in [-0.25, -0.2) is 0 Å². The Labute approximate surface area is 96.7 Å². The topological polar surface area (TPSA) is 74.6 Å². The zero-order valence-corrected chi connectivity index (χ0v) is 10.5. The SMILES string of the molecule is CCC(C)(CC(CC(C)C)C(=O)O)C(=O)O. The zero-order valence-electron chi connectivity index (χ0n) is 10.5. The van der Waals surface area contributed by atoms with Crippen molar-refractivity contribution < 1.29 is 19.8 Å². The van der Waals surface area contributed by atoms with E-state index >= 15 is 0 Å². The molecule has 0 aromatic rings. The van der Waals surface area contributed by atoms with E-state index in [2.05, 4.69) is 0 Å². The number of hydrogen-bond acceptors (Lipinski definition) is 2. The lowest BCUT2D eigenvalue weighted by molar-refractivity contribution is -0.152. The fourth-order valence-electron chi connectivity index (χ4n) is 1.77. The van der Waals surface area contributed by atoms with Crippen LogP contribution >= 0.6 is 0 Å². The molecule has 0 radical (unpaired) electrons. The highest BCUT2D eigenvalue weighted by molar-refractivity contribution is 5.76. The molecule has 0 aromatic heterocycles. The molecular formula is C12H22O4. The first-order chi connectivity index (χ1) is 7.23. The van der Waals surface area contributed by atoms with Crippen LogP contribution in [0.3, 0.4) is 0 Å². The highest BCUT2D eigenvalue weighted by Crippen LogP contribution is 2.32. The number of aliphatic carboxylic acids is 2. The summed E-state index contributed by atoms with van der Waals surface area (Å²) in [6.45, 7) is 7.29. The predicted molar refractivity (Wildman–Crippen MR) is 61.2 cm³/mol. The van der Waals surface area contributed by atoms with Crippen molar-refractivity contribution in [2.45, 2.75) is 47.0 Å². The molecule has 16 heavy (non-hydrogen) atoms. The summed E-state index contributed by atoms with van der Waals surface area (Å²) >= 11 is 0. The number of carbonyl (C=O) groups is 2. The van der Waals surface area contributed by atoms with Crippen molar-refractivity contribution in [3.63, 3.8) is 0 Å². The highest BCUT2D eigenvalue weighted by Gasteiger charge is 2.36. The number of carboxylic acid groups (broad SMARTS) is 2. The molecule has 4 heteroatoms. The summed E-state index contributed by atoms with van der Waals surface area (Å²) in [5.41, 5.74) is -0.933. The van der Waals surface area contributed by atoms with Crippen molar-refractivity contribution >= 4 is 11.9 Å². The lowest BCUT2D eigenvalue weighted by Crippen LogP contribution is -2.32. The third kappa shape index (κ3) is 4.21. The minimum atomic E-state index is -0.933. The van der Waals surface area contributed by atoms with Crippen LogP contribution in [0, 0.1) is 17.3 Å². The van der Waals surface area contributed by atoms with Gasteiger partial charge in [0.05, 0.1) is 11.3 Å². The molecule has 0 amide bonds. The summed E-state index contributed by atoms with van der Waals surface area (Å²) in [4.78, 5) is 22.2. The standard InChI is InChI=1S/C12H22O4/c1-5-12(4,11(15)16)7-9(10(13)14)6-8(2)3/h8-9H,5-7H2,1-4H3,(H,13,14)(H,15,16). The Kier molecular flexibility index (Phi) is 5.48. The highest BCUT2D eigenvalue weighted by atomic mass is 16.4. The molecule has 0 aliphatic carbocycles. The third-order valence-corrected chi connectivity index (χ3v) is 3.10. The molecule has 2 N–H and O–H groups in total. The van der Waals surface area contributed by atoms with E-state index < -0.39 is 23.3 Å². The number of rotatable bonds is 7.